The summed E-state index contributed by atoms with van der Waals surface area (Å²) in [7, 11) is 1.49. The highest BCUT2D eigenvalue weighted by molar-refractivity contribution is 7.78. The van der Waals surface area contributed by atoms with E-state index in [0.717, 1.165) is 22.0 Å². The fourth-order valence-electron chi connectivity index (χ4n) is 3.23. The number of ether oxygens (including phenoxy) is 1. The lowest BCUT2D eigenvalue weighted by molar-refractivity contribution is -0.137. The zero-order chi connectivity index (χ0) is 24.9. The predicted octanol–water partition coefficient (Wildman–Crippen LogP) is 6.08. The van der Waals surface area contributed by atoms with Gasteiger partial charge in [-0.25, -0.2) is 4.79 Å². The number of halogens is 3. The van der Waals surface area contributed by atoms with Gasteiger partial charge in [-0.05, 0) is 36.2 Å². The summed E-state index contributed by atoms with van der Waals surface area (Å²) < 4.78 is 46.0. The van der Waals surface area contributed by atoms with Crippen molar-refractivity contribution in [2.24, 2.45) is 0 Å². The number of hydrogen-bond donors (Lipinski definition) is 3. The van der Waals surface area contributed by atoms with E-state index in [1.165, 1.54) is 19.2 Å². The SMILES string of the molecule is COc1ccc(C)c(NC(=O)C(c2ccccc2)N(S)C(=O)Nc2ccccc2C(F)(F)F)c1. The van der Waals surface area contributed by atoms with Crippen LogP contribution in [0.3, 0.4) is 0 Å². The Morgan fingerprint density at radius 3 is 2.24 bits per heavy atom. The number of anilines is 2. The van der Waals surface area contributed by atoms with Crippen LogP contribution in [-0.4, -0.2) is 23.4 Å². The molecule has 0 saturated heterocycles. The summed E-state index contributed by atoms with van der Waals surface area (Å²) >= 11 is 4.19. The van der Waals surface area contributed by atoms with E-state index in [1.807, 2.05) is 0 Å². The van der Waals surface area contributed by atoms with E-state index in [-0.39, 0.29) is 0 Å². The number of methoxy groups -OCH3 is 1. The Hall–Kier alpha value is -3.66. The standard InChI is InChI=1S/C24H22F3N3O3S/c1-15-12-13-17(33-2)14-20(15)28-22(31)21(16-8-4-3-5-9-16)30(34)23(32)29-19-11-7-6-10-18(19)24(25,26)27/h3-14,21,34H,1-2H3,(H,28,31)(H,29,32). The van der Waals surface area contributed by atoms with Gasteiger partial charge < -0.3 is 15.4 Å². The van der Waals surface area contributed by atoms with Gasteiger partial charge in [-0.2, -0.15) is 13.2 Å². The van der Waals surface area contributed by atoms with Crippen LogP contribution in [0, 0.1) is 6.92 Å². The van der Waals surface area contributed by atoms with Crippen molar-refractivity contribution in [1.29, 1.82) is 0 Å². The van der Waals surface area contributed by atoms with Gasteiger partial charge in [0.1, 0.15) is 11.8 Å². The molecule has 0 radical (unpaired) electrons. The second-order valence-electron chi connectivity index (χ2n) is 7.30. The van der Waals surface area contributed by atoms with Crippen molar-refractivity contribution in [3.63, 3.8) is 0 Å². The van der Waals surface area contributed by atoms with E-state index in [1.54, 1.807) is 55.5 Å². The number of nitrogens with one attached hydrogen (secondary N) is 2. The quantitative estimate of drug-likeness (QED) is 0.368. The molecule has 0 fully saturated rings. The maximum absolute atomic E-state index is 13.3. The van der Waals surface area contributed by atoms with Crippen LogP contribution >= 0.6 is 12.8 Å². The van der Waals surface area contributed by atoms with Crippen LogP contribution in [0.15, 0.2) is 72.8 Å². The number of carbonyl (C=O) groups is 2. The Kier molecular flexibility index (Phi) is 7.72. The van der Waals surface area contributed by atoms with E-state index >= 15 is 0 Å². The van der Waals surface area contributed by atoms with E-state index in [2.05, 4.69) is 23.4 Å². The summed E-state index contributed by atoms with van der Waals surface area (Å²) in [4.78, 5) is 26.2. The molecule has 0 bridgehead atoms. The summed E-state index contributed by atoms with van der Waals surface area (Å²) in [6.07, 6.45) is -4.68. The topological polar surface area (TPSA) is 70.7 Å². The van der Waals surface area contributed by atoms with Gasteiger partial charge in [0.15, 0.2) is 0 Å². The molecule has 0 aromatic heterocycles. The molecule has 3 aromatic carbocycles. The molecule has 0 heterocycles. The molecule has 6 nitrogen and oxygen atoms in total. The maximum Gasteiger partial charge on any atom is 0.418 e. The highest BCUT2D eigenvalue weighted by Gasteiger charge is 2.35. The van der Waals surface area contributed by atoms with E-state index in [9.17, 15) is 22.8 Å². The largest absolute Gasteiger partial charge is 0.497 e. The van der Waals surface area contributed by atoms with Gasteiger partial charge in [0.2, 0.25) is 0 Å². The van der Waals surface area contributed by atoms with Gasteiger partial charge in [-0.15, -0.1) is 0 Å². The van der Waals surface area contributed by atoms with E-state index in [0.29, 0.717) is 17.0 Å². The van der Waals surface area contributed by atoms with Crippen LogP contribution in [0.1, 0.15) is 22.7 Å². The number of urea groups is 1. The molecule has 0 aliphatic heterocycles. The monoisotopic (exact) mass is 489 g/mol. The van der Waals surface area contributed by atoms with Gasteiger partial charge in [-0.1, -0.05) is 61.3 Å². The summed E-state index contributed by atoms with van der Waals surface area (Å²) in [6.45, 7) is 1.78. The third kappa shape index (κ3) is 5.82. The van der Waals surface area contributed by atoms with E-state index < -0.39 is 35.4 Å². The Morgan fingerprint density at radius 2 is 1.59 bits per heavy atom. The number of rotatable bonds is 6. The summed E-state index contributed by atoms with van der Waals surface area (Å²) in [5, 5.41) is 4.96. The minimum absolute atomic E-state index is 0.412. The number of aryl methyl sites for hydroxylation is 1. The Morgan fingerprint density at radius 1 is 0.941 bits per heavy atom. The van der Waals surface area contributed by atoms with Crippen LogP contribution in [-0.2, 0) is 11.0 Å². The Labute approximate surface area is 200 Å². The lowest BCUT2D eigenvalue weighted by Crippen LogP contribution is -2.38. The molecule has 10 heteroatoms. The first-order valence-electron chi connectivity index (χ1n) is 10.1. The molecule has 1 unspecified atom stereocenters. The summed E-state index contributed by atoms with van der Waals surface area (Å²) in [5.74, 6) is -0.0989. The molecule has 0 saturated carbocycles. The van der Waals surface area contributed by atoms with Gasteiger partial charge in [0.05, 0.1) is 18.4 Å². The first-order chi connectivity index (χ1) is 16.1. The van der Waals surface area contributed by atoms with Gasteiger partial charge >= 0.3 is 12.2 Å². The highest BCUT2D eigenvalue weighted by atomic mass is 32.1. The van der Waals surface area contributed by atoms with Crippen molar-refractivity contribution in [1.82, 2.24) is 4.31 Å². The number of carbonyl (C=O) groups excluding carboxylic acids is 2. The lowest BCUT2D eigenvalue weighted by atomic mass is 10.1. The predicted molar refractivity (Wildman–Crippen MR) is 127 cm³/mol. The van der Waals surface area contributed by atoms with Gasteiger partial charge in [-0.3, -0.25) is 9.10 Å². The number of benzene rings is 3. The molecule has 3 rings (SSSR count). The molecular formula is C24H22F3N3O3S. The molecule has 178 valence electrons. The first kappa shape index (κ1) is 25.0. The fraction of sp³-hybridized carbons (Fsp3) is 0.167. The van der Waals surface area contributed by atoms with Crippen molar-refractivity contribution in [2.45, 2.75) is 19.1 Å². The number of thiol groups is 1. The Bertz CT molecular complexity index is 1170. The Balaban J connectivity index is 1.91. The molecule has 1 atom stereocenters. The average molecular weight is 490 g/mol. The molecule has 0 spiro atoms. The second-order valence-corrected chi connectivity index (χ2v) is 7.73. The van der Waals surface area contributed by atoms with Crippen LogP contribution in [0.25, 0.3) is 0 Å². The minimum atomic E-state index is -4.68. The number of alkyl halides is 3. The minimum Gasteiger partial charge on any atom is -0.497 e. The molecule has 34 heavy (non-hydrogen) atoms. The van der Waals surface area contributed by atoms with Crippen molar-refractivity contribution < 1.29 is 27.5 Å². The maximum atomic E-state index is 13.3. The molecule has 0 aliphatic rings. The molecule has 3 amide bonds. The number of para-hydroxylation sites is 1. The third-order valence-corrected chi connectivity index (χ3v) is 5.41. The van der Waals surface area contributed by atoms with E-state index in [4.69, 9.17) is 4.74 Å². The van der Waals surface area contributed by atoms with Gasteiger partial charge in [0, 0.05) is 11.8 Å². The van der Waals surface area contributed by atoms with Crippen LogP contribution in [0.5, 0.6) is 5.75 Å². The van der Waals surface area contributed by atoms with Crippen molar-refractivity contribution in [3.05, 3.63) is 89.5 Å². The van der Waals surface area contributed by atoms with Crippen molar-refractivity contribution in [3.8, 4) is 5.75 Å². The van der Waals surface area contributed by atoms with Crippen LogP contribution in [0.2, 0.25) is 0 Å². The van der Waals surface area contributed by atoms with Gasteiger partial charge in [0.25, 0.3) is 5.91 Å². The molecule has 2 N–H and O–H groups in total. The first-order valence-corrected chi connectivity index (χ1v) is 10.5. The zero-order valence-electron chi connectivity index (χ0n) is 18.3. The van der Waals surface area contributed by atoms with Crippen LogP contribution < -0.4 is 15.4 Å². The summed E-state index contributed by atoms with van der Waals surface area (Å²) in [6, 6.07) is 15.7. The van der Waals surface area contributed by atoms with Crippen LogP contribution in [0.4, 0.5) is 29.3 Å². The highest BCUT2D eigenvalue weighted by Crippen LogP contribution is 2.35. The molecule has 0 aliphatic carbocycles. The number of nitrogens with zero attached hydrogens (tertiary/aromatic N) is 1. The smallest absolute Gasteiger partial charge is 0.418 e. The summed E-state index contributed by atoms with van der Waals surface area (Å²) in [5.41, 5.74) is 0.146. The second kappa shape index (κ2) is 10.5. The molecule has 3 aromatic rings. The van der Waals surface area contributed by atoms with Crippen molar-refractivity contribution >= 4 is 36.1 Å². The average Bonchev–Trinajstić information content (AvgIpc) is 2.81. The normalized spacial score (nSPS) is 11.9. The molecular weight excluding hydrogens is 467 g/mol. The lowest BCUT2D eigenvalue weighted by Gasteiger charge is -2.27. The number of amides is 3. The third-order valence-electron chi connectivity index (χ3n) is 4.99. The zero-order valence-corrected chi connectivity index (χ0v) is 19.2. The fourth-order valence-corrected chi connectivity index (χ4v) is 3.52. The van der Waals surface area contributed by atoms with Crippen molar-refractivity contribution in [2.75, 3.05) is 17.7 Å². The number of hydrogen-bond acceptors (Lipinski definition) is 4.